The van der Waals surface area contributed by atoms with E-state index in [4.69, 9.17) is 0 Å². The number of alkyl halides is 12. The Bertz CT molecular complexity index is 2050. The molecule has 0 N–H and O–H groups in total. The first-order chi connectivity index (χ1) is 26.4. The van der Waals surface area contributed by atoms with E-state index in [1.54, 1.807) is 6.07 Å². The Hall–Kier alpha value is -3.88. The maximum atomic E-state index is 14.1. The van der Waals surface area contributed by atoms with Crippen LogP contribution in [0.25, 0.3) is 0 Å². The molecule has 0 fully saturated rings. The van der Waals surface area contributed by atoms with Crippen LogP contribution in [-0.2, 0) is 47.9 Å². The fraction of sp³-hybridized carbons (Fsp3) is 0.209. The first-order valence-electron chi connectivity index (χ1n) is 17.1. The molecule has 0 heterocycles. The molecule has 15 heteroatoms. The molecule has 6 rings (SSSR count). The standard InChI is InChI=1S/C38H29F12P2.C5H5.Fe/c1-21-8-22(2)11-30(10-21)51(31-12-23(3)9-24(4)13-31)20-25-6-5-7-34(25)52(32-16-26(35(39,40)41)14-27(17-32)36(42,43)44)33-18-28(37(45,46)47)15-29(19-33)38(48,49)50;1-2-4-5-3-1;/h5-19H,20H2,1-4H3;1-5H;/q2*-1;+2. The molecule has 58 heavy (non-hydrogen) atoms. The quantitative estimate of drug-likeness (QED) is 0.0648. The number of hydrogen-bond acceptors (Lipinski definition) is 0. The van der Waals surface area contributed by atoms with Crippen molar-refractivity contribution in [3.8, 4) is 0 Å². The summed E-state index contributed by atoms with van der Waals surface area (Å²) in [5, 5.41) is 0.381. The van der Waals surface area contributed by atoms with Gasteiger partial charge in [-0.3, -0.25) is 0 Å². The van der Waals surface area contributed by atoms with Gasteiger partial charge in [-0.1, -0.05) is 72.7 Å². The van der Waals surface area contributed by atoms with Crippen molar-refractivity contribution < 1.29 is 69.8 Å². The number of aryl methyl sites for hydroxylation is 4. The summed E-state index contributed by atoms with van der Waals surface area (Å²) in [6.45, 7) is 7.54. The van der Waals surface area contributed by atoms with Crippen LogP contribution in [0.15, 0.2) is 121 Å². The monoisotopic (exact) mass is 896 g/mol. The molecule has 0 bridgehead atoms. The van der Waals surface area contributed by atoms with Crippen LogP contribution in [0.5, 0.6) is 0 Å². The molecule has 308 valence electrons. The van der Waals surface area contributed by atoms with E-state index in [2.05, 4.69) is 0 Å². The fourth-order valence-electron chi connectivity index (χ4n) is 6.40. The molecule has 0 amide bonds. The van der Waals surface area contributed by atoms with Crippen molar-refractivity contribution in [3.63, 3.8) is 0 Å². The summed E-state index contributed by atoms with van der Waals surface area (Å²) in [7, 11) is -4.22. The Balaban J connectivity index is 0.00000115. The molecule has 0 saturated carbocycles. The fourth-order valence-corrected chi connectivity index (χ4v) is 11.8. The van der Waals surface area contributed by atoms with Crippen molar-refractivity contribution in [2.45, 2.75) is 58.6 Å². The molecule has 0 atom stereocenters. The molecule has 0 spiro atoms. The van der Waals surface area contributed by atoms with E-state index in [0.29, 0.717) is 29.8 Å². The summed E-state index contributed by atoms with van der Waals surface area (Å²) >= 11 is 0. The summed E-state index contributed by atoms with van der Waals surface area (Å²) in [5.41, 5.74) is -2.92. The largest absolute Gasteiger partial charge is 2.00 e. The zero-order chi connectivity index (χ0) is 42.1. The van der Waals surface area contributed by atoms with Gasteiger partial charge in [0.1, 0.15) is 0 Å². The minimum atomic E-state index is -5.32. The maximum absolute atomic E-state index is 14.1. The Morgan fingerprint density at radius 1 is 0.448 bits per heavy atom. The number of halogens is 12. The molecular weight excluding hydrogens is 862 g/mol. The minimum absolute atomic E-state index is 0. The van der Waals surface area contributed by atoms with Gasteiger partial charge in [0.15, 0.2) is 0 Å². The molecule has 0 aliphatic heterocycles. The number of rotatable bonds is 7. The van der Waals surface area contributed by atoms with Crippen molar-refractivity contribution in [3.05, 3.63) is 171 Å². The molecule has 0 aliphatic carbocycles. The van der Waals surface area contributed by atoms with Crippen LogP contribution in [0, 0.1) is 27.7 Å². The number of hydrogen-bond donors (Lipinski definition) is 0. The third-order valence-electron chi connectivity index (χ3n) is 8.70. The molecule has 0 saturated heterocycles. The Morgan fingerprint density at radius 2 is 0.793 bits per heavy atom. The molecule has 6 aromatic rings. The van der Waals surface area contributed by atoms with Crippen LogP contribution >= 0.6 is 15.8 Å². The van der Waals surface area contributed by atoms with Crippen LogP contribution in [0.2, 0.25) is 0 Å². The zero-order valence-electron chi connectivity index (χ0n) is 31.0. The molecule has 0 radical (unpaired) electrons. The second-order valence-corrected chi connectivity index (χ2v) is 17.9. The van der Waals surface area contributed by atoms with E-state index >= 15 is 0 Å². The molecule has 0 aliphatic rings. The van der Waals surface area contributed by atoms with Crippen molar-refractivity contribution in [1.82, 2.24) is 0 Å². The molecular formula is C43H34F12FeP2. The predicted molar refractivity (Wildman–Crippen MR) is 205 cm³/mol. The van der Waals surface area contributed by atoms with E-state index in [1.807, 2.05) is 94.4 Å². The normalized spacial score (nSPS) is 12.4. The third kappa shape index (κ3) is 11.9. The first kappa shape index (κ1) is 46.8. The van der Waals surface area contributed by atoms with Gasteiger partial charge in [-0.25, -0.2) is 18.2 Å². The summed E-state index contributed by atoms with van der Waals surface area (Å²) < 4.78 is 169. The summed E-state index contributed by atoms with van der Waals surface area (Å²) in [5.74, 6) is 0. The van der Waals surface area contributed by atoms with Crippen molar-refractivity contribution in [2.75, 3.05) is 0 Å². The summed E-state index contributed by atoms with van der Waals surface area (Å²) in [6, 6.07) is 27.3. The predicted octanol–water partition coefficient (Wildman–Crippen LogP) is 12.5. The van der Waals surface area contributed by atoms with E-state index in [9.17, 15) is 52.7 Å². The molecule has 0 aromatic heterocycles. The Morgan fingerprint density at radius 3 is 1.09 bits per heavy atom. The second kappa shape index (κ2) is 18.2. The van der Waals surface area contributed by atoms with Crippen LogP contribution in [0.1, 0.15) is 50.1 Å². The molecule has 0 unspecified atom stereocenters. The second-order valence-electron chi connectivity index (χ2n) is 13.5. The van der Waals surface area contributed by atoms with Gasteiger partial charge >= 0.3 is 41.8 Å². The van der Waals surface area contributed by atoms with Gasteiger partial charge in [0.05, 0.1) is 22.3 Å². The van der Waals surface area contributed by atoms with Gasteiger partial charge in [0, 0.05) is 0 Å². The average Bonchev–Trinajstić information content (AvgIpc) is 3.81. The zero-order valence-corrected chi connectivity index (χ0v) is 33.9. The number of benzene rings is 4. The maximum Gasteiger partial charge on any atom is 2.00 e. The van der Waals surface area contributed by atoms with Gasteiger partial charge in [0.2, 0.25) is 0 Å². The van der Waals surface area contributed by atoms with Gasteiger partial charge in [-0.2, -0.15) is 88.6 Å². The van der Waals surface area contributed by atoms with Crippen molar-refractivity contribution in [2.24, 2.45) is 0 Å². The van der Waals surface area contributed by atoms with Crippen LogP contribution < -0.4 is 26.5 Å². The summed E-state index contributed by atoms with van der Waals surface area (Å²) in [6.07, 6.45) is -21.2. The molecule has 6 aromatic carbocycles. The summed E-state index contributed by atoms with van der Waals surface area (Å²) in [4.78, 5) is 0. The van der Waals surface area contributed by atoms with Crippen molar-refractivity contribution >= 4 is 42.4 Å². The van der Waals surface area contributed by atoms with Crippen LogP contribution in [0.4, 0.5) is 52.7 Å². The van der Waals surface area contributed by atoms with E-state index < -0.39 is 73.4 Å². The van der Waals surface area contributed by atoms with E-state index in [1.165, 1.54) is 12.1 Å². The van der Waals surface area contributed by atoms with Gasteiger partial charge in [-0.15, -0.1) is 5.30 Å². The van der Waals surface area contributed by atoms with E-state index in [0.717, 1.165) is 32.9 Å². The average molecular weight is 897 g/mol. The van der Waals surface area contributed by atoms with Crippen molar-refractivity contribution in [1.29, 1.82) is 0 Å². The SMILES string of the molecule is Cc1cc(C)cc(P(Cc2cc[cH-]c2P(c2cc(C(F)(F)F)cc(C(F)(F)F)c2)c2cc(C(F)(F)F)cc(C(F)(F)F)c2)c2cc(C)cc(C)c2)c1.[Fe+2].c1cc[cH-]c1. The Labute approximate surface area is 341 Å². The first-order valence-corrected chi connectivity index (χ1v) is 20.0. The van der Waals surface area contributed by atoms with Gasteiger partial charge in [-0.05, 0) is 93.2 Å². The third-order valence-corrected chi connectivity index (χ3v) is 13.6. The molecule has 0 nitrogen and oxygen atoms in total. The van der Waals surface area contributed by atoms with E-state index in [-0.39, 0.29) is 40.7 Å². The van der Waals surface area contributed by atoms with Gasteiger partial charge in [0.25, 0.3) is 0 Å². The topological polar surface area (TPSA) is 0 Å². The van der Waals surface area contributed by atoms with Crippen LogP contribution in [0.3, 0.4) is 0 Å². The Kier molecular flexibility index (Phi) is 14.7. The van der Waals surface area contributed by atoms with Crippen LogP contribution in [-0.4, -0.2) is 0 Å². The minimum Gasteiger partial charge on any atom is -0.214 e. The smallest absolute Gasteiger partial charge is 0.214 e. The van der Waals surface area contributed by atoms with Gasteiger partial charge < -0.3 is 0 Å².